The highest BCUT2D eigenvalue weighted by Crippen LogP contribution is 2.27. The minimum Gasteiger partial charge on any atom is -0.376 e. The number of rotatable bonds is 6. The van der Waals surface area contributed by atoms with E-state index in [1.165, 1.54) is 5.56 Å². The van der Waals surface area contributed by atoms with E-state index in [4.69, 9.17) is 5.73 Å². The summed E-state index contributed by atoms with van der Waals surface area (Å²) in [7, 11) is 1.92. The van der Waals surface area contributed by atoms with Crippen LogP contribution in [0.1, 0.15) is 22.0 Å². The molecule has 1 aromatic heterocycles. The van der Waals surface area contributed by atoms with E-state index in [2.05, 4.69) is 27.8 Å². The van der Waals surface area contributed by atoms with Crippen molar-refractivity contribution < 1.29 is 4.79 Å². The van der Waals surface area contributed by atoms with E-state index >= 15 is 0 Å². The summed E-state index contributed by atoms with van der Waals surface area (Å²) in [4.78, 5) is 16.0. The van der Waals surface area contributed by atoms with Crippen LogP contribution < -0.4 is 16.4 Å². The Morgan fingerprint density at radius 2 is 1.92 bits per heavy atom. The van der Waals surface area contributed by atoms with Crippen molar-refractivity contribution in [3.8, 4) is 0 Å². The number of carbonyl (C=O) groups excluding carboxylic acids is 1. The quantitative estimate of drug-likeness (QED) is 0.652. The summed E-state index contributed by atoms with van der Waals surface area (Å²) in [6.07, 6.45) is 1.69. The zero-order valence-electron chi connectivity index (χ0n) is 13.5. The highest BCUT2D eigenvalue weighted by molar-refractivity contribution is 6.07. The van der Waals surface area contributed by atoms with E-state index in [1.54, 1.807) is 12.3 Å². The number of fused-ring (bicyclic) bond motifs is 1. The molecule has 0 aliphatic heterocycles. The zero-order valence-corrected chi connectivity index (χ0v) is 13.5. The normalized spacial score (nSPS) is 12.0. The lowest BCUT2D eigenvalue weighted by atomic mass is 10.0. The van der Waals surface area contributed by atoms with Crippen LogP contribution in [-0.4, -0.2) is 24.5 Å². The first-order valence-corrected chi connectivity index (χ1v) is 7.84. The van der Waals surface area contributed by atoms with Gasteiger partial charge in [0.05, 0.1) is 17.1 Å². The summed E-state index contributed by atoms with van der Waals surface area (Å²) < 4.78 is 0. The van der Waals surface area contributed by atoms with Crippen LogP contribution >= 0.6 is 0 Å². The number of benzene rings is 2. The number of anilines is 1. The largest absolute Gasteiger partial charge is 0.376 e. The molecule has 0 aliphatic rings. The molecule has 5 heteroatoms. The molecule has 0 radical (unpaired) electrons. The maximum Gasteiger partial charge on any atom is 0.250 e. The van der Waals surface area contributed by atoms with E-state index in [-0.39, 0.29) is 6.04 Å². The molecule has 5 nitrogen and oxygen atoms in total. The second-order valence-electron chi connectivity index (χ2n) is 5.59. The summed E-state index contributed by atoms with van der Waals surface area (Å²) >= 11 is 0. The molecule has 0 saturated carbocycles. The lowest BCUT2D eigenvalue weighted by Gasteiger charge is -2.21. The van der Waals surface area contributed by atoms with Crippen molar-refractivity contribution in [2.24, 2.45) is 5.73 Å². The second kappa shape index (κ2) is 7.10. The Morgan fingerprint density at radius 1 is 1.12 bits per heavy atom. The van der Waals surface area contributed by atoms with Gasteiger partial charge < -0.3 is 16.4 Å². The Labute approximate surface area is 140 Å². The molecule has 3 aromatic rings. The summed E-state index contributed by atoms with van der Waals surface area (Å²) in [5.74, 6) is -0.472. The van der Waals surface area contributed by atoms with E-state index in [0.29, 0.717) is 11.1 Å². The number of carbonyl (C=O) groups is 1. The molecule has 0 spiro atoms. The number of primary amides is 1. The molecule has 0 aliphatic carbocycles. The van der Waals surface area contributed by atoms with Gasteiger partial charge in [-0.1, -0.05) is 42.5 Å². The molecule has 1 atom stereocenters. The van der Waals surface area contributed by atoms with Gasteiger partial charge in [0.1, 0.15) is 0 Å². The van der Waals surface area contributed by atoms with Crippen LogP contribution in [0.25, 0.3) is 10.9 Å². The number of nitrogens with one attached hydrogen (secondary N) is 2. The first-order chi connectivity index (χ1) is 11.7. The van der Waals surface area contributed by atoms with Crippen LogP contribution in [-0.2, 0) is 0 Å². The number of likely N-dealkylation sites (N-methyl/N-ethyl adjacent to an activating group) is 1. The lowest BCUT2D eigenvalue weighted by Crippen LogP contribution is -2.23. The van der Waals surface area contributed by atoms with Gasteiger partial charge in [-0.2, -0.15) is 0 Å². The van der Waals surface area contributed by atoms with E-state index in [0.717, 1.165) is 17.6 Å². The molecular formula is C19H20N4O. The van der Waals surface area contributed by atoms with Crippen molar-refractivity contribution in [3.05, 3.63) is 71.9 Å². The Bertz CT molecular complexity index is 848. The van der Waals surface area contributed by atoms with Crippen LogP contribution in [0.2, 0.25) is 0 Å². The summed E-state index contributed by atoms with van der Waals surface area (Å²) in [5, 5.41) is 7.64. The lowest BCUT2D eigenvalue weighted by molar-refractivity contribution is 0.100. The third-order valence-corrected chi connectivity index (χ3v) is 3.98. The predicted molar refractivity (Wildman–Crippen MR) is 97.0 cm³/mol. The highest BCUT2D eigenvalue weighted by Gasteiger charge is 2.14. The maximum atomic E-state index is 11.6. The van der Waals surface area contributed by atoms with Gasteiger partial charge >= 0.3 is 0 Å². The van der Waals surface area contributed by atoms with Gasteiger partial charge in [-0.25, -0.2) is 0 Å². The third kappa shape index (κ3) is 3.21. The molecule has 2 aromatic carbocycles. The Kier molecular flexibility index (Phi) is 4.72. The molecule has 122 valence electrons. The topological polar surface area (TPSA) is 80.0 Å². The van der Waals surface area contributed by atoms with Crippen LogP contribution in [0.5, 0.6) is 0 Å². The standard InChI is InChI=1S/C19H20N4O/c1-21-12-17(13-6-3-2-4-7-13)23-16-10-11-22-18-14(16)8-5-9-15(18)19(20)24/h2-11,17,21H,12H2,1H3,(H2,20,24)(H,22,23)/t17-/m1/s1. The Hall–Kier alpha value is -2.92. The first kappa shape index (κ1) is 16.0. The summed E-state index contributed by atoms with van der Waals surface area (Å²) in [6.45, 7) is 0.767. The van der Waals surface area contributed by atoms with Crippen LogP contribution in [0, 0.1) is 0 Å². The molecule has 4 N–H and O–H groups in total. The number of pyridine rings is 1. The molecule has 3 rings (SSSR count). The second-order valence-corrected chi connectivity index (χ2v) is 5.59. The average Bonchev–Trinajstić information content (AvgIpc) is 2.61. The fourth-order valence-electron chi connectivity index (χ4n) is 2.83. The van der Waals surface area contributed by atoms with Crippen molar-refractivity contribution in [2.75, 3.05) is 18.9 Å². The number of amides is 1. The SMILES string of the molecule is CNC[C@@H](Nc1ccnc2c(C(N)=O)cccc12)c1ccccc1. The number of aromatic nitrogens is 1. The average molecular weight is 320 g/mol. The number of hydrogen-bond donors (Lipinski definition) is 3. The van der Waals surface area contributed by atoms with E-state index < -0.39 is 5.91 Å². The summed E-state index contributed by atoms with van der Waals surface area (Å²) in [6, 6.07) is 17.7. The molecule has 1 amide bonds. The van der Waals surface area contributed by atoms with Gasteiger partial charge in [0.25, 0.3) is 5.91 Å². The van der Waals surface area contributed by atoms with Crippen molar-refractivity contribution >= 4 is 22.5 Å². The van der Waals surface area contributed by atoms with Crippen LogP contribution in [0.3, 0.4) is 0 Å². The Balaban J connectivity index is 2.02. The fraction of sp³-hybridized carbons (Fsp3) is 0.158. The Morgan fingerprint density at radius 3 is 2.62 bits per heavy atom. The van der Waals surface area contributed by atoms with Gasteiger partial charge in [-0.3, -0.25) is 9.78 Å². The predicted octanol–water partition coefficient (Wildman–Crippen LogP) is 2.71. The van der Waals surface area contributed by atoms with Gasteiger partial charge in [0, 0.05) is 23.8 Å². The van der Waals surface area contributed by atoms with Gasteiger partial charge in [0.15, 0.2) is 0 Å². The first-order valence-electron chi connectivity index (χ1n) is 7.84. The molecule has 0 saturated heterocycles. The number of para-hydroxylation sites is 1. The van der Waals surface area contributed by atoms with Crippen molar-refractivity contribution in [1.29, 1.82) is 0 Å². The minimum absolute atomic E-state index is 0.0963. The van der Waals surface area contributed by atoms with Crippen molar-refractivity contribution in [1.82, 2.24) is 10.3 Å². The highest BCUT2D eigenvalue weighted by atomic mass is 16.1. The van der Waals surface area contributed by atoms with E-state index in [9.17, 15) is 4.79 Å². The van der Waals surface area contributed by atoms with Gasteiger partial charge in [-0.15, -0.1) is 0 Å². The number of nitrogens with two attached hydrogens (primary N) is 1. The third-order valence-electron chi connectivity index (χ3n) is 3.98. The fourth-order valence-corrected chi connectivity index (χ4v) is 2.83. The van der Waals surface area contributed by atoms with Gasteiger partial charge in [-0.05, 0) is 24.7 Å². The molecular weight excluding hydrogens is 300 g/mol. The maximum absolute atomic E-state index is 11.6. The molecule has 1 heterocycles. The van der Waals surface area contributed by atoms with Crippen LogP contribution in [0.4, 0.5) is 5.69 Å². The number of hydrogen-bond acceptors (Lipinski definition) is 4. The molecule has 0 fully saturated rings. The van der Waals surface area contributed by atoms with Crippen molar-refractivity contribution in [3.63, 3.8) is 0 Å². The molecule has 24 heavy (non-hydrogen) atoms. The van der Waals surface area contributed by atoms with Crippen molar-refractivity contribution in [2.45, 2.75) is 6.04 Å². The van der Waals surface area contributed by atoms with Gasteiger partial charge in [0.2, 0.25) is 0 Å². The summed E-state index contributed by atoms with van der Waals surface area (Å²) in [5.41, 5.74) is 8.62. The smallest absolute Gasteiger partial charge is 0.250 e. The monoisotopic (exact) mass is 320 g/mol. The minimum atomic E-state index is -0.472. The molecule has 0 bridgehead atoms. The number of nitrogens with zero attached hydrogens (tertiary/aromatic N) is 1. The molecule has 0 unspecified atom stereocenters. The van der Waals surface area contributed by atoms with E-state index in [1.807, 2.05) is 43.4 Å². The van der Waals surface area contributed by atoms with Crippen LogP contribution in [0.15, 0.2) is 60.8 Å². The zero-order chi connectivity index (χ0) is 16.9.